The Hall–Kier alpha value is -1.68. The Morgan fingerprint density at radius 1 is 1.36 bits per heavy atom. The number of hydrogen-bond donors (Lipinski definition) is 1. The maximum Gasteiger partial charge on any atom is 0.274 e. The summed E-state index contributed by atoms with van der Waals surface area (Å²) in [5, 5.41) is 14.1. The predicted octanol–water partition coefficient (Wildman–Crippen LogP) is 0.389. The van der Waals surface area contributed by atoms with E-state index in [2.05, 4.69) is 5.10 Å². The lowest BCUT2D eigenvalue weighted by Crippen LogP contribution is -2.24. The molecule has 1 aromatic heterocycles. The van der Waals surface area contributed by atoms with Gasteiger partial charge in [0.05, 0.1) is 24.7 Å². The van der Waals surface area contributed by atoms with Gasteiger partial charge in [0.2, 0.25) is 0 Å². The molecule has 0 aliphatic carbocycles. The van der Waals surface area contributed by atoms with Crippen molar-refractivity contribution in [3.8, 4) is 0 Å². The first-order valence-electron chi connectivity index (χ1n) is 4.38. The molecule has 0 fully saturated rings. The van der Waals surface area contributed by atoms with Crippen molar-refractivity contribution >= 4 is 10.8 Å². The van der Waals surface area contributed by atoms with Crippen LogP contribution in [0.5, 0.6) is 0 Å². The molecule has 4 nitrogen and oxygen atoms in total. The minimum Gasteiger partial charge on any atom is -0.394 e. The molecule has 72 valence electrons. The quantitative estimate of drug-likeness (QED) is 0.745. The summed E-state index contributed by atoms with van der Waals surface area (Å²) in [6.07, 6.45) is 1.63. The molecule has 0 aliphatic heterocycles. The van der Waals surface area contributed by atoms with E-state index in [1.165, 1.54) is 4.68 Å². The van der Waals surface area contributed by atoms with Crippen LogP contribution >= 0.6 is 0 Å². The van der Waals surface area contributed by atoms with Gasteiger partial charge >= 0.3 is 0 Å². The first-order valence-corrected chi connectivity index (χ1v) is 4.38. The molecule has 0 atom stereocenters. The number of aromatic nitrogens is 2. The van der Waals surface area contributed by atoms with Crippen LogP contribution in [0.3, 0.4) is 0 Å². The van der Waals surface area contributed by atoms with E-state index < -0.39 is 0 Å². The summed E-state index contributed by atoms with van der Waals surface area (Å²) in [6.45, 7) is 0.162. The molecule has 0 saturated carbocycles. The van der Waals surface area contributed by atoms with Crippen LogP contribution in [0.1, 0.15) is 0 Å². The normalized spacial score (nSPS) is 10.6. The Morgan fingerprint density at radius 3 is 2.93 bits per heavy atom. The van der Waals surface area contributed by atoms with Gasteiger partial charge in [-0.1, -0.05) is 18.2 Å². The highest BCUT2D eigenvalue weighted by Crippen LogP contribution is 2.05. The number of rotatable bonds is 2. The number of aliphatic hydroxyl groups excluding tert-OH is 1. The molecule has 4 heteroatoms. The van der Waals surface area contributed by atoms with E-state index in [0.29, 0.717) is 5.39 Å². The predicted molar refractivity (Wildman–Crippen MR) is 53.1 cm³/mol. The van der Waals surface area contributed by atoms with Crippen molar-refractivity contribution in [2.45, 2.75) is 6.54 Å². The fourth-order valence-corrected chi connectivity index (χ4v) is 1.38. The van der Waals surface area contributed by atoms with E-state index in [4.69, 9.17) is 5.11 Å². The van der Waals surface area contributed by atoms with Gasteiger partial charge in [-0.05, 0) is 6.07 Å². The van der Waals surface area contributed by atoms with Gasteiger partial charge in [-0.25, -0.2) is 4.68 Å². The maximum absolute atomic E-state index is 11.7. The molecule has 0 amide bonds. The van der Waals surface area contributed by atoms with Gasteiger partial charge in [-0.3, -0.25) is 4.79 Å². The van der Waals surface area contributed by atoms with Crippen LogP contribution in [-0.4, -0.2) is 21.5 Å². The van der Waals surface area contributed by atoms with Gasteiger partial charge in [0.25, 0.3) is 5.56 Å². The van der Waals surface area contributed by atoms with Crippen LogP contribution in [0, 0.1) is 0 Å². The van der Waals surface area contributed by atoms with E-state index in [1.54, 1.807) is 12.3 Å². The third-order valence-electron chi connectivity index (χ3n) is 2.07. The Labute approximate surface area is 80.4 Å². The summed E-state index contributed by atoms with van der Waals surface area (Å²) in [4.78, 5) is 11.7. The van der Waals surface area contributed by atoms with Gasteiger partial charge in [0.15, 0.2) is 0 Å². The SMILES string of the molecule is O=c1c2ccccc2cnn1CCO. The number of nitrogens with zero attached hydrogens (tertiary/aromatic N) is 2. The Kier molecular flexibility index (Phi) is 2.28. The molecule has 0 unspecified atom stereocenters. The monoisotopic (exact) mass is 190 g/mol. The second kappa shape index (κ2) is 3.59. The van der Waals surface area contributed by atoms with Crippen molar-refractivity contribution in [1.29, 1.82) is 0 Å². The molecule has 1 N–H and O–H groups in total. The molecule has 0 saturated heterocycles. The smallest absolute Gasteiger partial charge is 0.274 e. The molecule has 0 bridgehead atoms. The highest BCUT2D eigenvalue weighted by Gasteiger charge is 2.01. The van der Waals surface area contributed by atoms with Crippen LogP contribution in [-0.2, 0) is 6.54 Å². The van der Waals surface area contributed by atoms with E-state index in [0.717, 1.165) is 5.39 Å². The number of hydrogen-bond acceptors (Lipinski definition) is 3. The standard InChI is InChI=1S/C10H10N2O2/c13-6-5-12-10(14)9-4-2-1-3-8(9)7-11-12/h1-4,7,13H,5-6H2. The minimum atomic E-state index is -0.155. The molecule has 2 rings (SSSR count). The molecule has 0 spiro atoms. The molecule has 1 heterocycles. The second-order valence-electron chi connectivity index (χ2n) is 2.98. The van der Waals surface area contributed by atoms with Crippen LogP contribution in [0.4, 0.5) is 0 Å². The zero-order valence-electron chi connectivity index (χ0n) is 7.55. The fraction of sp³-hybridized carbons (Fsp3) is 0.200. The molecule has 1 aromatic carbocycles. The zero-order valence-corrected chi connectivity index (χ0v) is 7.55. The molecule has 0 aliphatic rings. The lowest BCUT2D eigenvalue weighted by atomic mass is 10.2. The van der Waals surface area contributed by atoms with Crippen molar-refractivity contribution in [3.63, 3.8) is 0 Å². The number of benzene rings is 1. The first kappa shape index (κ1) is 8.90. The minimum absolute atomic E-state index is 0.0781. The molecule has 14 heavy (non-hydrogen) atoms. The molecular formula is C10H10N2O2. The topological polar surface area (TPSA) is 55.1 Å². The lowest BCUT2D eigenvalue weighted by Gasteiger charge is -2.02. The Balaban J connectivity index is 2.69. The van der Waals surface area contributed by atoms with Gasteiger partial charge in [0.1, 0.15) is 0 Å². The van der Waals surface area contributed by atoms with Crippen molar-refractivity contribution < 1.29 is 5.11 Å². The summed E-state index contributed by atoms with van der Waals surface area (Å²) in [5.74, 6) is 0. The lowest BCUT2D eigenvalue weighted by molar-refractivity contribution is 0.266. The third-order valence-corrected chi connectivity index (χ3v) is 2.07. The van der Waals surface area contributed by atoms with E-state index >= 15 is 0 Å². The third kappa shape index (κ3) is 1.40. The maximum atomic E-state index is 11.7. The largest absolute Gasteiger partial charge is 0.394 e. The van der Waals surface area contributed by atoms with Crippen LogP contribution in [0.25, 0.3) is 10.8 Å². The van der Waals surface area contributed by atoms with Crippen molar-refractivity contribution in [1.82, 2.24) is 9.78 Å². The van der Waals surface area contributed by atoms with Crippen LogP contribution in [0.2, 0.25) is 0 Å². The zero-order chi connectivity index (χ0) is 9.97. The fourth-order valence-electron chi connectivity index (χ4n) is 1.38. The summed E-state index contributed by atoms with van der Waals surface area (Å²) in [5.41, 5.74) is -0.155. The summed E-state index contributed by atoms with van der Waals surface area (Å²) in [6, 6.07) is 7.27. The van der Waals surface area contributed by atoms with Gasteiger partial charge < -0.3 is 5.11 Å². The van der Waals surface area contributed by atoms with Crippen molar-refractivity contribution in [2.75, 3.05) is 6.61 Å². The molecule has 2 aromatic rings. The molecular weight excluding hydrogens is 180 g/mol. The highest BCUT2D eigenvalue weighted by atomic mass is 16.3. The van der Waals surface area contributed by atoms with Crippen LogP contribution in [0.15, 0.2) is 35.3 Å². The Bertz CT molecular complexity index is 505. The van der Waals surface area contributed by atoms with Gasteiger partial charge in [-0.15, -0.1) is 0 Å². The van der Waals surface area contributed by atoms with E-state index in [1.807, 2.05) is 18.2 Å². The Morgan fingerprint density at radius 2 is 2.14 bits per heavy atom. The highest BCUT2D eigenvalue weighted by molar-refractivity contribution is 5.80. The summed E-state index contributed by atoms with van der Waals surface area (Å²) < 4.78 is 1.27. The summed E-state index contributed by atoms with van der Waals surface area (Å²) >= 11 is 0. The van der Waals surface area contributed by atoms with Crippen molar-refractivity contribution in [3.05, 3.63) is 40.8 Å². The van der Waals surface area contributed by atoms with E-state index in [9.17, 15) is 4.79 Å². The number of aliphatic hydroxyl groups is 1. The first-order chi connectivity index (χ1) is 6.83. The second-order valence-corrected chi connectivity index (χ2v) is 2.98. The van der Waals surface area contributed by atoms with Crippen molar-refractivity contribution in [2.24, 2.45) is 0 Å². The van der Waals surface area contributed by atoms with E-state index in [-0.39, 0.29) is 18.7 Å². The average Bonchev–Trinajstić information content (AvgIpc) is 2.23. The van der Waals surface area contributed by atoms with Crippen LogP contribution < -0.4 is 5.56 Å². The summed E-state index contributed by atoms with van der Waals surface area (Å²) in [7, 11) is 0. The average molecular weight is 190 g/mol. The molecule has 0 radical (unpaired) electrons. The number of fused-ring (bicyclic) bond motifs is 1. The van der Waals surface area contributed by atoms with Gasteiger partial charge in [-0.2, -0.15) is 5.10 Å². The van der Waals surface area contributed by atoms with Gasteiger partial charge in [0, 0.05) is 5.39 Å².